The van der Waals surface area contributed by atoms with Crippen LogP contribution in [0, 0.1) is 21.7 Å². The molecule has 20 heavy (non-hydrogen) atoms. The van der Waals surface area contributed by atoms with Gasteiger partial charge in [0.1, 0.15) is 5.56 Å². The second-order valence-electron chi connectivity index (χ2n) is 4.46. The van der Waals surface area contributed by atoms with Crippen LogP contribution in [0.2, 0.25) is 0 Å². The van der Waals surface area contributed by atoms with Crippen molar-refractivity contribution in [2.24, 2.45) is 0 Å². The number of benzene rings is 1. The molecular weight excluding hydrogens is 274 g/mol. The molecule has 1 saturated heterocycles. The molecule has 1 fully saturated rings. The lowest BCUT2D eigenvalue weighted by Gasteiger charge is -2.33. The van der Waals surface area contributed by atoms with Crippen LogP contribution in [0.25, 0.3) is 0 Å². The highest BCUT2D eigenvalue weighted by atomic mass is 19.2. The topological polar surface area (TPSA) is 72.7 Å². The summed E-state index contributed by atoms with van der Waals surface area (Å²) in [6.07, 6.45) is 0. The first kappa shape index (κ1) is 14.3. The van der Waals surface area contributed by atoms with Gasteiger partial charge in [0.2, 0.25) is 0 Å². The van der Waals surface area contributed by atoms with Crippen LogP contribution in [-0.4, -0.2) is 41.5 Å². The summed E-state index contributed by atoms with van der Waals surface area (Å²) in [5, 5.41) is 10.9. The van der Waals surface area contributed by atoms with Crippen molar-refractivity contribution in [2.45, 2.75) is 13.0 Å². The van der Waals surface area contributed by atoms with Crippen LogP contribution in [0.1, 0.15) is 17.3 Å². The minimum absolute atomic E-state index is 0.246. The van der Waals surface area contributed by atoms with E-state index in [-0.39, 0.29) is 12.6 Å². The molecule has 1 amide bonds. The molecule has 1 atom stereocenters. The van der Waals surface area contributed by atoms with Gasteiger partial charge in [-0.15, -0.1) is 0 Å². The van der Waals surface area contributed by atoms with E-state index in [9.17, 15) is 23.7 Å². The molecule has 108 valence electrons. The Balaban J connectivity index is 2.42. The molecule has 0 radical (unpaired) electrons. The third kappa shape index (κ3) is 2.60. The molecular formula is C12H12F2N2O4. The number of carbonyl (C=O) groups is 1. The van der Waals surface area contributed by atoms with E-state index in [1.807, 2.05) is 0 Å². The van der Waals surface area contributed by atoms with Gasteiger partial charge in [0.15, 0.2) is 11.6 Å². The van der Waals surface area contributed by atoms with Gasteiger partial charge < -0.3 is 9.64 Å². The van der Waals surface area contributed by atoms with E-state index >= 15 is 0 Å². The molecule has 0 saturated carbocycles. The average molecular weight is 286 g/mol. The second kappa shape index (κ2) is 5.49. The monoisotopic (exact) mass is 286 g/mol. The Morgan fingerprint density at radius 1 is 1.45 bits per heavy atom. The molecule has 0 unspecified atom stereocenters. The largest absolute Gasteiger partial charge is 0.377 e. The van der Waals surface area contributed by atoms with Gasteiger partial charge in [0.05, 0.1) is 30.2 Å². The number of nitro groups is 1. The van der Waals surface area contributed by atoms with Crippen molar-refractivity contribution in [1.29, 1.82) is 0 Å². The van der Waals surface area contributed by atoms with Crippen LogP contribution in [0.5, 0.6) is 0 Å². The van der Waals surface area contributed by atoms with Gasteiger partial charge in [-0.05, 0) is 13.0 Å². The van der Waals surface area contributed by atoms with Gasteiger partial charge in [0.25, 0.3) is 11.6 Å². The number of amides is 1. The number of nitro benzene ring substituents is 1. The predicted molar refractivity (Wildman–Crippen MR) is 64.3 cm³/mol. The van der Waals surface area contributed by atoms with Crippen molar-refractivity contribution in [3.8, 4) is 0 Å². The number of rotatable bonds is 2. The lowest BCUT2D eigenvalue weighted by molar-refractivity contribution is -0.385. The van der Waals surface area contributed by atoms with Crippen LogP contribution in [0.3, 0.4) is 0 Å². The fourth-order valence-electron chi connectivity index (χ4n) is 2.04. The highest BCUT2D eigenvalue weighted by Crippen LogP contribution is 2.25. The molecule has 1 aliphatic rings. The zero-order valence-corrected chi connectivity index (χ0v) is 10.6. The Kier molecular flexibility index (Phi) is 3.93. The molecule has 2 rings (SSSR count). The molecule has 1 heterocycles. The van der Waals surface area contributed by atoms with E-state index in [0.717, 1.165) is 0 Å². The minimum atomic E-state index is -1.36. The van der Waals surface area contributed by atoms with E-state index in [2.05, 4.69) is 0 Å². The number of hydrogen-bond acceptors (Lipinski definition) is 4. The van der Waals surface area contributed by atoms with Crippen molar-refractivity contribution in [2.75, 3.05) is 19.8 Å². The number of ether oxygens (including phenoxy) is 1. The van der Waals surface area contributed by atoms with Gasteiger partial charge in [0, 0.05) is 6.54 Å². The molecule has 0 aromatic heterocycles. The van der Waals surface area contributed by atoms with Crippen LogP contribution < -0.4 is 0 Å². The van der Waals surface area contributed by atoms with Gasteiger partial charge in [-0.1, -0.05) is 0 Å². The molecule has 1 aliphatic heterocycles. The molecule has 8 heteroatoms. The number of carbonyl (C=O) groups excluding carboxylic acids is 1. The van der Waals surface area contributed by atoms with Crippen molar-refractivity contribution in [3.05, 3.63) is 39.4 Å². The van der Waals surface area contributed by atoms with Crippen molar-refractivity contribution in [1.82, 2.24) is 4.90 Å². The van der Waals surface area contributed by atoms with Crippen LogP contribution in [0.4, 0.5) is 14.5 Å². The van der Waals surface area contributed by atoms with Crippen LogP contribution >= 0.6 is 0 Å². The summed E-state index contributed by atoms with van der Waals surface area (Å²) in [5.41, 5.74) is -1.20. The van der Waals surface area contributed by atoms with Crippen LogP contribution in [0.15, 0.2) is 12.1 Å². The molecule has 1 aromatic carbocycles. The van der Waals surface area contributed by atoms with E-state index in [1.165, 1.54) is 4.90 Å². The van der Waals surface area contributed by atoms with Gasteiger partial charge in [-0.2, -0.15) is 0 Å². The average Bonchev–Trinajstić information content (AvgIpc) is 2.41. The molecule has 1 aromatic rings. The number of nitrogens with zero attached hydrogens (tertiary/aromatic N) is 2. The SMILES string of the molecule is C[C@@H]1COCCN1C(=O)c1cc(F)c(F)cc1[N+](=O)[O-]. The smallest absolute Gasteiger partial charge is 0.285 e. The predicted octanol–water partition coefficient (Wildman–Crippen LogP) is 1.73. The Hall–Kier alpha value is -2.09. The maximum Gasteiger partial charge on any atom is 0.285 e. The number of morpholine rings is 1. The Labute approximate surface area is 113 Å². The summed E-state index contributed by atoms with van der Waals surface area (Å²) >= 11 is 0. The molecule has 6 nitrogen and oxygen atoms in total. The van der Waals surface area contributed by atoms with Gasteiger partial charge >= 0.3 is 0 Å². The first-order chi connectivity index (χ1) is 9.41. The lowest BCUT2D eigenvalue weighted by atomic mass is 10.1. The standard InChI is InChI=1S/C12H12F2N2O4/c1-7-6-20-3-2-15(7)12(17)8-4-9(13)10(14)5-11(8)16(18)19/h4-5,7H,2-3,6H2,1H3/t7-/m1/s1. The van der Waals surface area contributed by atoms with Crippen molar-refractivity contribution in [3.63, 3.8) is 0 Å². The highest BCUT2D eigenvalue weighted by molar-refractivity contribution is 5.98. The van der Waals surface area contributed by atoms with E-state index in [4.69, 9.17) is 4.74 Å². The first-order valence-corrected chi connectivity index (χ1v) is 5.94. The summed E-state index contributed by atoms with van der Waals surface area (Å²) in [5.74, 6) is -3.35. The quantitative estimate of drug-likeness (QED) is 0.613. The molecule has 0 aliphatic carbocycles. The fourth-order valence-corrected chi connectivity index (χ4v) is 2.04. The summed E-state index contributed by atoms with van der Waals surface area (Å²) < 4.78 is 31.5. The third-order valence-corrected chi connectivity index (χ3v) is 3.09. The normalized spacial score (nSPS) is 18.9. The van der Waals surface area contributed by atoms with Gasteiger partial charge in [-0.3, -0.25) is 14.9 Å². The zero-order chi connectivity index (χ0) is 14.9. The summed E-state index contributed by atoms with van der Waals surface area (Å²) in [4.78, 5) is 23.6. The Bertz CT molecular complexity index is 565. The molecule has 0 bridgehead atoms. The van der Waals surface area contributed by atoms with Crippen LogP contribution in [-0.2, 0) is 4.74 Å². The number of hydrogen-bond donors (Lipinski definition) is 0. The third-order valence-electron chi connectivity index (χ3n) is 3.09. The summed E-state index contributed by atoms with van der Waals surface area (Å²) in [7, 11) is 0. The molecule has 0 spiro atoms. The lowest BCUT2D eigenvalue weighted by Crippen LogP contribution is -2.47. The van der Waals surface area contributed by atoms with E-state index in [1.54, 1.807) is 6.92 Å². The van der Waals surface area contributed by atoms with Crippen molar-refractivity contribution >= 4 is 11.6 Å². The highest BCUT2D eigenvalue weighted by Gasteiger charge is 2.31. The zero-order valence-electron chi connectivity index (χ0n) is 10.6. The molecule has 0 N–H and O–H groups in total. The second-order valence-corrected chi connectivity index (χ2v) is 4.46. The fraction of sp³-hybridized carbons (Fsp3) is 0.417. The van der Waals surface area contributed by atoms with Crippen molar-refractivity contribution < 1.29 is 23.2 Å². The Morgan fingerprint density at radius 3 is 2.70 bits per heavy atom. The first-order valence-electron chi connectivity index (χ1n) is 5.94. The minimum Gasteiger partial charge on any atom is -0.377 e. The summed E-state index contributed by atoms with van der Waals surface area (Å²) in [6.45, 7) is 2.55. The maximum atomic E-state index is 13.3. The van der Waals surface area contributed by atoms with E-state index < -0.39 is 33.7 Å². The van der Waals surface area contributed by atoms with E-state index in [0.29, 0.717) is 25.3 Å². The maximum absolute atomic E-state index is 13.3. The number of halogens is 2. The summed E-state index contributed by atoms with van der Waals surface area (Å²) in [6, 6.07) is 0.704. The Morgan fingerprint density at radius 2 is 2.10 bits per heavy atom. The van der Waals surface area contributed by atoms with Gasteiger partial charge in [-0.25, -0.2) is 8.78 Å².